The molecule has 0 aliphatic carbocycles. The summed E-state index contributed by atoms with van der Waals surface area (Å²) in [6.07, 6.45) is 3.40. The van der Waals surface area contributed by atoms with Crippen molar-refractivity contribution in [2.45, 2.75) is 6.54 Å². The predicted molar refractivity (Wildman–Crippen MR) is 93.4 cm³/mol. The number of rotatable bonds is 6. The van der Waals surface area contributed by atoms with Gasteiger partial charge in [0.05, 0.1) is 33.2 Å². The number of nitrogens with one attached hydrogen (secondary N) is 2. The number of methoxy groups -OCH3 is 3. The third-order valence-corrected chi connectivity index (χ3v) is 3.39. The molecule has 0 bridgehead atoms. The average Bonchev–Trinajstić information content (AvgIpc) is 2.59. The molecule has 1 aromatic heterocycles. The van der Waals surface area contributed by atoms with Crippen LogP contribution < -0.4 is 24.8 Å². The SMILES string of the molecule is COc1ccc(CNC(=S)Nc2cccnc2)c(OC)c1OC. The van der Waals surface area contributed by atoms with Gasteiger partial charge in [0.15, 0.2) is 16.6 Å². The second-order valence-electron chi connectivity index (χ2n) is 4.54. The highest BCUT2D eigenvalue weighted by Crippen LogP contribution is 2.39. The van der Waals surface area contributed by atoms with Crippen molar-refractivity contribution < 1.29 is 14.2 Å². The van der Waals surface area contributed by atoms with E-state index in [0.29, 0.717) is 28.9 Å². The summed E-state index contributed by atoms with van der Waals surface area (Å²) >= 11 is 5.28. The van der Waals surface area contributed by atoms with Gasteiger partial charge in [0.1, 0.15) is 0 Å². The van der Waals surface area contributed by atoms with Crippen molar-refractivity contribution in [1.82, 2.24) is 10.3 Å². The third kappa shape index (κ3) is 4.23. The van der Waals surface area contributed by atoms with Crippen LogP contribution >= 0.6 is 12.2 Å². The first-order valence-corrected chi connectivity index (χ1v) is 7.33. The van der Waals surface area contributed by atoms with Crippen LogP contribution in [0.5, 0.6) is 17.2 Å². The van der Waals surface area contributed by atoms with Gasteiger partial charge in [-0.15, -0.1) is 0 Å². The van der Waals surface area contributed by atoms with Crippen molar-refractivity contribution in [3.05, 3.63) is 42.2 Å². The molecule has 0 amide bonds. The Kier molecular flexibility index (Phi) is 5.99. The predicted octanol–water partition coefficient (Wildman–Crippen LogP) is 2.59. The van der Waals surface area contributed by atoms with E-state index in [0.717, 1.165) is 11.3 Å². The minimum absolute atomic E-state index is 0.482. The zero-order chi connectivity index (χ0) is 16.7. The maximum absolute atomic E-state index is 5.44. The monoisotopic (exact) mass is 333 g/mol. The molecule has 0 radical (unpaired) electrons. The van der Waals surface area contributed by atoms with Crippen LogP contribution in [0, 0.1) is 0 Å². The molecule has 0 fully saturated rings. The summed E-state index contributed by atoms with van der Waals surface area (Å²) < 4.78 is 16.1. The number of hydrogen-bond donors (Lipinski definition) is 2. The number of benzene rings is 1. The topological polar surface area (TPSA) is 64.6 Å². The summed E-state index contributed by atoms with van der Waals surface area (Å²) in [5.74, 6) is 1.79. The molecular weight excluding hydrogens is 314 g/mol. The van der Waals surface area contributed by atoms with Crippen LogP contribution in [0.1, 0.15) is 5.56 Å². The lowest BCUT2D eigenvalue weighted by Gasteiger charge is -2.17. The second kappa shape index (κ2) is 8.19. The molecule has 0 unspecified atom stereocenters. The lowest BCUT2D eigenvalue weighted by Crippen LogP contribution is -2.28. The Bertz CT molecular complexity index is 665. The van der Waals surface area contributed by atoms with Crippen LogP contribution in [-0.2, 0) is 6.54 Å². The Morgan fingerprint density at radius 2 is 1.87 bits per heavy atom. The van der Waals surface area contributed by atoms with Crippen molar-refractivity contribution in [3.63, 3.8) is 0 Å². The van der Waals surface area contributed by atoms with Crippen LogP contribution in [0.25, 0.3) is 0 Å². The number of aromatic nitrogens is 1. The van der Waals surface area contributed by atoms with Gasteiger partial charge in [-0.05, 0) is 36.5 Å². The Morgan fingerprint density at radius 3 is 2.48 bits per heavy atom. The van der Waals surface area contributed by atoms with Gasteiger partial charge in [-0.1, -0.05) is 0 Å². The highest BCUT2D eigenvalue weighted by atomic mass is 32.1. The van der Waals surface area contributed by atoms with E-state index in [4.69, 9.17) is 26.4 Å². The minimum atomic E-state index is 0.482. The molecule has 0 spiro atoms. The summed E-state index contributed by atoms with van der Waals surface area (Å²) in [5.41, 5.74) is 1.73. The zero-order valence-electron chi connectivity index (χ0n) is 13.3. The van der Waals surface area contributed by atoms with Crippen LogP contribution in [0.3, 0.4) is 0 Å². The largest absolute Gasteiger partial charge is 0.493 e. The van der Waals surface area contributed by atoms with E-state index in [1.165, 1.54) is 0 Å². The molecule has 7 heteroatoms. The van der Waals surface area contributed by atoms with Crippen molar-refractivity contribution in [1.29, 1.82) is 0 Å². The smallest absolute Gasteiger partial charge is 0.203 e. The van der Waals surface area contributed by atoms with E-state index < -0.39 is 0 Å². The molecule has 0 saturated carbocycles. The van der Waals surface area contributed by atoms with Gasteiger partial charge in [-0.3, -0.25) is 4.98 Å². The fourth-order valence-electron chi connectivity index (χ4n) is 2.09. The minimum Gasteiger partial charge on any atom is -0.493 e. The fourth-order valence-corrected chi connectivity index (χ4v) is 2.28. The zero-order valence-corrected chi connectivity index (χ0v) is 14.1. The summed E-state index contributed by atoms with van der Waals surface area (Å²) in [7, 11) is 4.75. The molecule has 6 nitrogen and oxygen atoms in total. The summed E-state index contributed by atoms with van der Waals surface area (Å²) in [4.78, 5) is 4.02. The molecule has 0 atom stereocenters. The van der Waals surface area contributed by atoms with E-state index in [1.54, 1.807) is 33.7 Å². The number of nitrogens with zero attached hydrogens (tertiary/aromatic N) is 1. The van der Waals surface area contributed by atoms with Crippen LogP contribution in [0.2, 0.25) is 0 Å². The maximum Gasteiger partial charge on any atom is 0.203 e. The quantitative estimate of drug-likeness (QED) is 0.788. The normalized spacial score (nSPS) is 9.87. The summed E-state index contributed by atoms with van der Waals surface area (Å²) in [6.45, 7) is 0.482. The Balaban J connectivity index is 2.06. The van der Waals surface area contributed by atoms with Gasteiger partial charge < -0.3 is 24.8 Å². The average molecular weight is 333 g/mol. The lowest BCUT2D eigenvalue weighted by molar-refractivity contribution is 0.322. The molecule has 1 aromatic carbocycles. The Hall–Kier alpha value is -2.54. The van der Waals surface area contributed by atoms with E-state index in [9.17, 15) is 0 Å². The number of hydrogen-bond acceptors (Lipinski definition) is 5. The number of pyridine rings is 1. The highest BCUT2D eigenvalue weighted by molar-refractivity contribution is 7.80. The van der Waals surface area contributed by atoms with Crippen molar-refractivity contribution >= 4 is 23.0 Å². The van der Waals surface area contributed by atoms with Gasteiger partial charge in [0.2, 0.25) is 5.75 Å². The Morgan fingerprint density at radius 1 is 1.09 bits per heavy atom. The molecule has 2 rings (SSSR count). The van der Waals surface area contributed by atoms with E-state index in [2.05, 4.69) is 15.6 Å². The van der Waals surface area contributed by atoms with E-state index in [-0.39, 0.29) is 0 Å². The number of ether oxygens (including phenoxy) is 3. The van der Waals surface area contributed by atoms with Gasteiger partial charge >= 0.3 is 0 Å². The van der Waals surface area contributed by atoms with Crippen LogP contribution in [-0.4, -0.2) is 31.4 Å². The molecule has 0 aliphatic heterocycles. The molecule has 2 aromatic rings. The standard InChI is InChI=1S/C16H19N3O3S/c1-20-13-7-6-11(14(21-2)15(13)22-3)9-18-16(23)19-12-5-4-8-17-10-12/h4-8,10H,9H2,1-3H3,(H2,18,19,23). The molecule has 2 N–H and O–H groups in total. The van der Waals surface area contributed by atoms with Crippen molar-refractivity contribution in [3.8, 4) is 17.2 Å². The van der Waals surface area contributed by atoms with Crippen molar-refractivity contribution in [2.75, 3.05) is 26.6 Å². The molecule has 0 aliphatic rings. The number of anilines is 1. The fraction of sp³-hybridized carbons (Fsp3) is 0.250. The molecule has 0 saturated heterocycles. The third-order valence-electron chi connectivity index (χ3n) is 3.14. The molecule has 122 valence electrons. The van der Waals surface area contributed by atoms with Crippen LogP contribution in [0.4, 0.5) is 5.69 Å². The van der Waals surface area contributed by atoms with E-state index >= 15 is 0 Å². The first kappa shape index (κ1) is 16.8. The van der Waals surface area contributed by atoms with E-state index in [1.807, 2.05) is 24.3 Å². The maximum atomic E-state index is 5.44. The first-order valence-electron chi connectivity index (χ1n) is 6.92. The summed E-state index contributed by atoms with van der Waals surface area (Å²) in [6, 6.07) is 7.45. The second-order valence-corrected chi connectivity index (χ2v) is 4.95. The number of thiocarbonyl (C=S) groups is 1. The summed E-state index contributed by atoms with van der Waals surface area (Å²) in [5, 5.41) is 6.68. The van der Waals surface area contributed by atoms with Gasteiger partial charge in [0, 0.05) is 18.3 Å². The van der Waals surface area contributed by atoms with Gasteiger partial charge in [0.25, 0.3) is 0 Å². The molecule has 23 heavy (non-hydrogen) atoms. The van der Waals surface area contributed by atoms with Crippen molar-refractivity contribution in [2.24, 2.45) is 0 Å². The lowest BCUT2D eigenvalue weighted by atomic mass is 10.1. The molecular formula is C16H19N3O3S. The van der Waals surface area contributed by atoms with Gasteiger partial charge in [-0.2, -0.15) is 0 Å². The van der Waals surface area contributed by atoms with Crippen LogP contribution in [0.15, 0.2) is 36.7 Å². The molecule has 1 heterocycles. The highest BCUT2D eigenvalue weighted by Gasteiger charge is 2.15. The first-order chi connectivity index (χ1) is 11.2. The Labute approximate surface area is 140 Å². The van der Waals surface area contributed by atoms with Gasteiger partial charge in [-0.25, -0.2) is 0 Å².